The van der Waals surface area contributed by atoms with Gasteiger partial charge in [-0.1, -0.05) is 47.5 Å². The Hall–Kier alpha value is 0. The Kier molecular flexibility index (Phi) is 4.67. The standard InChI is InChI=1S/C15H30/c1-6-12(2)7-8-13-11-14(13)9-10-15(3,4)5/h12-14H,6-11H2,1-5H3. The molecule has 1 fully saturated rings. The Morgan fingerprint density at radius 2 is 1.73 bits per heavy atom. The van der Waals surface area contributed by atoms with E-state index >= 15 is 0 Å². The highest BCUT2D eigenvalue weighted by Crippen LogP contribution is 2.47. The fraction of sp³-hybridized carbons (Fsp3) is 1.00. The van der Waals surface area contributed by atoms with E-state index in [2.05, 4.69) is 34.6 Å². The molecule has 0 aromatic carbocycles. The molecular weight excluding hydrogens is 180 g/mol. The smallest absolute Gasteiger partial charge is 0.0383 e. The van der Waals surface area contributed by atoms with Gasteiger partial charge in [0.25, 0.3) is 0 Å². The minimum atomic E-state index is 0.545. The molecule has 0 aromatic heterocycles. The van der Waals surface area contributed by atoms with Crippen LogP contribution in [0.25, 0.3) is 0 Å². The molecule has 0 nitrogen and oxygen atoms in total. The molecule has 0 bridgehead atoms. The highest BCUT2D eigenvalue weighted by atomic mass is 14.4. The van der Waals surface area contributed by atoms with Crippen molar-refractivity contribution in [3.05, 3.63) is 0 Å². The molecule has 0 heterocycles. The van der Waals surface area contributed by atoms with Crippen molar-refractivity contribution in [1.29, 1.82) is 0 Å². The minimum absolute atomic E-state index is 0.545. The van der Waals surface area contributed by atoms with Crippen LogP contribution in [0.1, 0.15) is 73.1 Å². The molecule has 1 saturated carbocycles. The summed E-state index contributed by atoms with van der Waals surface area (Å²) in [5.41, 5.74) is 0.545. The van der Waals surface area contributed by atoms with Gasteiger partial charge in [-0.05, 0) is 48.9 Å². The summed E-state index contributed by atoms with van der Waals surface area (Å²) in [5.74, 6) is 3.14. The van der Waals surface area contributed by atoms with E-state index in [4.69, 9.17) is 0 Å². The highest BCUT2D eigenvalue weighted by Gasteiger charge is 2.36. The maximum atomic E-state index is 2.40. The van der Waals surface area contributed by atoms with Gasteiger partial charge in [-0.2, -0.15) is 0 Å². The summed E-state index contributed by atoms with van der Waals surface area (Å²) in [6.07, 6.45) is 8.76. The van der Waals surface area contributed by atoms with Crippen molar-refractivity contribution in [3.8, 4) is 0 Å². The van der Waals surface area contributed by atoms with Crippen LogP contribution in [0.5, 0.6) is 0 Å². The van der Waals surface area contributed by atoms with E-state index in [1.54, 1.807) is 0 Å². The second kappa shape index (κ2) is 5.37. The second-order valence-electron chi connectivity index (χ2n) is 6.95. The van der Waals surface area contributed by atoms with E-state index in [0.717, 1.165) is 17.8 Å². The molecule has 0 N–H and O–H groups in total. The molecule has 0 amide bonds. The highest BCUT2D eigenvalue weighted by molar-refractivity contribution is 4.87. The van der Waals surface area contributed by atoms with Gasteiger partial charge < -0.3 is 0 Å². The van der Waals surface area contributed by atoms with Crippen LogP contribution in [-0.2, 0) is 0 Å². The van der Waals surface area contributed by atoms with E-state index in [1.807, 2.05) is 0 Å². The monoisotopic (exact) mass is 210 g/mol. The summed E-state index contributed by atoms with van der Waals surface area (Å²) in [5, 5.41) is 0. The van der Waals surface area contributed by atoms with Crippen molar-refractivity contribution in [1.82, 2.24) is 0 Å². The zero-order valence-electron chi connectivity index (χ0n) is 11.5. The topological polar surface area (TPSA) is 0 Å². The first-order chi connectivity index (χ1) is 6.92. The lowest BCUT2D eigenvalue weighted by Crippen LogP contribution is -2.05. The van der Waals surface area contributed by atoms with E-state index < -0.39 is 0 Å². The normalized spacial score (nSPS) is 27.8. The third kappa shape index (κ3) is 5.58. The SMILES string of the molecule is CCC(C)CCC1CC1CCC(C)(C)C. The maximum Gasteiger partial charge on any atom is -0.0383 e. The van der Waals surface area contributed by atoms with Crippen molar-refractivity contribution >= 4 is 0 Å². The molecule has 0 aromatic rings. The maximum absolute atomic E-state index is 2.40. The van der Waals surface area contributed by atoms with Crippen molar-refractivity contribution in [2.24, 2.45) is 23.2 Å². The van der Waals surface area contributed by atoms with Gasteiger partial charge in [0, 0.05) is 0 Å². The molecular formula is C15H30. The lowest BCUT2D eigenvalue weighted by Gasteiger charge is -2.17. The molecule has 90 valence electrons. The second-order valence-corrected chi connectivity index (χ2v) is 6.95. The Morgan fingerprint density at radius 1 is 1.13 bits per heavy atom. The fourth-order valence-corrected chi connectivity index (χ4v) is 2.34. The Labute approximate surface area is 96.8 Å². The van der Waals surface area contributed by atoms with Crippen molar-refractivity contribution in [3.63, 3.8) is 0 Å². The molecule has 1 aliphatic carbocycles. The first-order valence-electron chi connectivity index (χ1n) is 6.92. The van der Waals surface area contributed by atoms with Crippen molar-refractivity contribution in [2.45, 2.75) is 73.1 Å². The minimum Gasteiger partial charge on any atom is -0.0651 e. The summed E-state index contributed by atoms with van der Waals surface area (Å²) in [6, 6.07) is 0. The van der Waals surface area contributed by atoms with E-state index in [9.17, 15) is 0 Å². The summed E-state index contributed by atoms with van der Waals surface area (Å²) in [7, 11) is 0. The zero-order chi connectivity index (χ0) is 11.5. The molecule has 3 unspecified atom stereocenters. The summed E-state index contributed by atoms with van der Waals surface area (Å²) >= 11 is 0. The molecule has 15 heavy (non-hydrogen) atoms. The third-order valence-electron chi connectivity index (χ3n) is 4.06. The van der Waals surface area contributed by atoms with Crippen LogP contribution >= 0.6 is 0 Å². The van der Waals surface area contributed by atoms with Crippen LogP contribution in [0, 0.1) is 23.2 Å². The first-order valence-corrected chi connectivity index (χ1v) is 6.92. The molecule has 0 spiro atoms. The van der Waals surface area contributed by atoms with Crippen LogP contribution in [0.15, 0.2) is 0 Å². The van der Waals surface area contributed by atoms with Gasteiger partial charge in [0.05, 0.1) is 0 Å². The first kappa shape index (κ1) is 13.1. The van der Waals surface area contributed by atoms with Crippen molar-refractivity contribution < 1.29 is 0 Å². The van der Waals surface area contributed by atoms with Gasteiger partial charge in [0.2, 0.25) is 0 Å². The van der Waals surface area contributed by atoms with Crippen molar-refractivity contribution in [2.75, 3.05) is 0 Å². The average molecular weight is 210 g/mol. The molecule has 1 aliphatic rings. The van der Waals surface area contributed by atoms with Crippen LogP contribution in [0.4, 0.5) is 0 Å². The molecule has 0 aliphatic heterocycles. The van der Waals surface area contributed by atoms with Crippen LogP contribution in [0.2, 0.25) is 0 Å². The zero-order valence-corrected chi connectivity index (χ0v) is 11.5. The van der Waals surface area contributed by atoms with Crippen LogP contribution < -0.4 is 0 Å². The van der Waals surface area contributed by atoms with E-state index in [1.165, 1.54) is 38.5 Å². The quantitative estimate of drug-likeness (QED) is 0.560. The Bertz CT molecular complexity index is 175. The fourth-order valence-electron chi connectivity index (χ4n) is 2.34. The van der Waals surface area contributed by atoms with Gasteiger partial charge in [-0.25, -0.2) is 0 Å². The predicted molar refractivity (Wildman–Crippen MR) is 69.0 cm³/mol. The predicted octanol–water partition coefficient (Wildman–Crippen LogP) is 5.28. The van der Waals surface area contributed by atoms with Gasteiger partial charge in [0.1, 0.15) is 0 Å². The molecule has 0 heteroatoms. The Morgan fingerprint density at radius 3 is 2.27 bits per heavy atom. The largest absolute Gasteiger partial charge is 0.0651 e. The number of hydrogen-bond acceptors (Lipinski definition) is 0. The van der Waals surface area contributed by atoms with Gasteiger partial charge in [0.15, 0.2) is 0 Å². The van der Waals surface area contributed by atoms with E-state index in [-0.39, 0.29) is 0 Å². The Balaban J connectivity index is 2.03. The number of hydrogen-bond donors (Lipinski definition) is 0. The van der Waals surface area contributed by atoms with E-state index in [0.29, 0.717) is 5.41 Å². The van der Waals surface area contributed by atoms with Crippen LogP contribution in [0.3, 0.4) is 0 Å². The summed E-state index contributed by atoms with van der Waals surface area (Å²) in [6.45, 7) is 11.8. The lowest BCUT2D eigenvalue weighted by molar-refractivity contribution is 0.347. The third-order valence-corrected chi connectivity index (χ3v) is 4.06. The summed E-state index contributed by atoms with van der Waals surface area (Å²) < 4.78 is 0. The van der Waals surface area contributed by atoms with Crippen LogP contribution in [-0.4, -0.2) is 0 Å². The number of rotatable bonds is 6. The molecule has 0 radical (unpaired) electrons. The van der Waals surface area contributed by atoms with Gasteiger partial charge in [-0.15, -0.1) is 0 Å². The van der Waals surface area contributed by atoms with Gasteiger partial charge in [-0.3, -0.25) is 0 Å². The molecule has 3 atom stereocenters. The molecule has 1 rings (SSSR count). The lowest BCUT2D eigenvalue weighted by atomic mass is 9.89. The van der Waals surface area contributed by atoms with Gasteiger partial charge >= 0.3 is 0 Å². The average Bonchev–Trinajstić information content (AvgIpc) is 2.88. The summed E-state index contributed by atoms with van der Waals surface area (Å²) in [4.78, 5) is 0. The molecule has 0 saturated heterocycles.